The highest BCUT2D eigenvalue weighted by atomic mass is 35.5. The summed E-state index contributed by atoms with van der Waals surface area (Å²) in [4.78, 5) is 13.0. The lowest BCUT2D eigenvalue weighted by Crippen LogP contribution is -2.36. The smallest absolute Gasteiger partial charge is 0.181 e. The summed E-state index contributed by atoms with van der Waals surface area (Å²) < 4.78 is 9.46. The average Bonchev–Trinajstić information content (AvgIpc) is 3.41. The van der Waals surface area contributed by atoms with Gasteiger partial charge in [-0.1, -0.05) is 35.9 Å². The van der Waals surface area contributed by atoms with Crippen LogP contribution in [0, 0.1) is 11.8 Å². The maximum atomic E-state index is 10.5. The number of benzene rings is 1. The van der Waals surface area contributed by atoms with Crippen LogP contribution in [0.25, 0.3) is 21.3 Å². The van der Waals surface area contributed by atoms with E-state index in [1.165, 1.54) is 23.2 Å². The Labute approximate surface area is 201 Å². The van der Waals surface area contributed by atoms with Gasteiger partial charge in [0.25, 0.3) is 0 Å². The molecule has 1 aliphatic rings. The summed E-state index contributed by atoms with van der Waals surface area (Å²) in [6.45, 7) is 5.59. The molecule has 0 radical (unpaired) electrons. The highest BCUT2D eigenvalue weighted by Gasteiger charge is 2.44. The molecular formula is C24H28ClN5O2S. The number of nitrogens with two attached hydrogens (primary N) is 1. The van der Waals surface area contributed by atoms with E-state index in [2.05, 4.69) is 44.6 Å². The first kappa shape index (κ1) is 22.5. The van der Waals surface area contributed by atoms with Crippen molar-refractivity contribution in [2.45, 2.75) is 58.0 Å². The van der Waals surface area contributed by atoms with Gasteiger partial charge in [0.1, 0.15) is 17.1 Å². The third-order valence-electron chi connectivity index (χ3n) is 6.70. The molecule has 33 heavy (non-hydrogen) atoms. The summed E-state index contributed by atoms with van der Waals surface area (Å²) in [6, 6.07) is 8.41. The lowest BCUT2D eigenvalue weighted by Gasteiger charge is -2.31. The zero-order valence-electron chi connectivity index (χ0n) is 18.9. The minimum atomic E-state index is -1.22. The molecule has 3 N–H and O–H groups in total. The summed E-state index contributed by atoms with van der Waals surface area (Å²) in [5, 5.41) is 12.3. The van der Waals surface area contributed by atoms with Gasteiger partial charge in [0.05, 0.1) is 27.7 Å². The normalized spacial score (nSPS) is 23.7. The second-order valence-electron chi connectivity index (χ2n) is 9.47. The van der Waals surface area contributed by atoms with Crippen molar-refractivity contribution in [1.82, 2.24) is 19.5 Å². The fraction of sp³-hybridized carbons (Fsp3) is 0.458. The van der Waals surface area contributed by atoms with E-state index in [9.17, 15) is 5.11 Å². The Hall–Kier alpha value is -2.26. The summed E-state index contributed by atoms with van der Waals surface area (Å²) in [6.07, 6.45) is 6.24. The Morgan fingerprint density at radius 2 is 2.12 bits per heavy atom. The number of nitrogens with zero attached hydrogens (tertiary/aromatic N) is 4. The van der Waals surface area contributed by atoms with Crippen LogP contribution in [0.2, 0.25) is 5.15 Å². The van der Waals surface area contributed by atoms with Gasteiger partial charge in [0, 0.05) is 6.20 Å². The SMILES string of the molecule is C[C@@H]1[C@@H](CCc2ccc3sc(N)nc3c2)C[C@@H](n2ccc3c(Cl)ncnc32)[C@@H]1OC(C)(C)O. The van der Waals surface area contributed by atoms with Crippen LogP contribution in [-0.2, 0) is 11.2 Å². The van der Waals surface area contributed by atoms with Crippen molar-refractivity contribution >= 4 is 49.3 Å². The summed E-state index contributed by atoms with van der Waals surface area (Å²) in [7, 11) is 0. The predicted octanol–water partition coefficient (Wildman–Crippen LogP) is 5.22. The maximum absolute atomic E-state index is 10.5. The minimum absolute atomic E-state index is 0.0423. The van der Waals surface area contributed by atoms with Gasteiger partial charge in [-0.2, -0.15) is 0 Å². The Bertz CT molecular complexity index is 1300. The zero-order chi connectivity index (χ0) is 23.3. The Morgan fingerprint density at radius 3 is 2.91 bits per heavy atom. The fourth-order valence-corrected chi connectivity index (χ4v) is 6.06. The summed E-state index contributed by atoms with van der Waals surface area (Å²) >= 11 is 7.80. The second kappa shape index (κ2) is 8.51. The van der Waals surface area contributed by atoms with Crippen molar-refractivity contribution in [3.8, 4) is 0 Å². The van der Waals surface area contributed by atoms with Crippen molar-refractivity contribution in [3.05, 3.63) is 47.5 Å². The van der Waals surface area contributed by atoms with Crippen LogP contribution in [0.3, 0.4) is 0 Å². The molecule has 0 bridgehead atoms. The molecule has 3 aromatic heterocycles. The van der Waals surface area contributed by atoms with Gasteiger partial charge in [-0.15, -0.1) is 0 Å². The van der Waals surface area contributed by atoms with E-state index in [0.717, 1.165) is 40.5 Å². The highest BCUT2D eigenvalue weighted by molar-refractivity contribution is 7.22. The first-order chi connectivity index (χ1) is 15.7. The average molecular weight is 486 g/mol. The quantitative estimate of drug-likeness (QED) is 0.287. The summed E-state index contributed by atoms with van der Waals surface area (Å²) in [5.41, 5.74) is 8.88. The van der Waals surface area contributed by atoms with E-state index in [1.54, 1.807) is 13.8 Å². The molecule has 0 unspecified atom stereocenters. The van der Waals surface area contributed by atoms with Crippen LogP contribution in [-0.4, -0.2) is 36.5 Å². The van der Waals surface area contributed by atoms with E-state index in [-0.39, 0.29) is 18.1 Å². The number of anilines is 1. The molecule has 5 rings (SSSR count). The number of aryl methyl sites for hydroxylation is 1. The van der Waals surface area contributed by atoms with E-state index >= 15 is 0 Å². The molecule has 1 fully saturated rings. The molecule has 0 spiro atoms. The molecule has 0 saturated heterocycles. The largest absolute Gasteiger partial charge is 0.375 e. The number of ether oxygens (including phenoxy) is 1. The van der Waals surface area contributed by atoms with Crippen molar-refractivity contribution in [2.24, 2.45) is 11.8 Å². The number of thiazole rings is 1. The first-order valence-corrected chi connectivity index (χ1v) is 12.4. The number of hydrogen-bond donors (Lipinski definition) is 2. The molecule has 7 nitrogen and oxygen atoms in total. The number of nitrogen functional groups attached to an aromatic ring is 1. The Morgan fingerprint density at radius 1 is 1.30 bits per heavy atom. The summed E-state index contributed by atoms with van der Waals surface area (Å²) in [5.74, 6) is -0.541. The van der Waals surface area contributed by atoms with E-state index in [4.69, 9.17) is 22.1 Å². The van der Waals surface area contributed by atoms with E-state index in [1.807, 2.05) is 12.3 Å². The number of fused-ring (bicyclic) bond motifs is 2. The molecule has 1 saturated carbocycles. The van der Waals surface area contributed by atoms with Crippen LogP contribution >= 0.6 is 22.9 Å². The molecular weight excluding hydrogens is 458 g/mol. The predicted molar refractivity (Wildman–Crippen MR) is 132 cm³/mol. The zero-order valence-corrected chi connectivity index (χ0v) is 20.5. The van der Waals surface area contributed by atoms with Gasteiger partial charge in [-0.3, -0.25) is 0 Å². The van der Waals surface area contributed by atoms with Crippen molar-refractivity contribution in [2.75, 3.05) is 5.73 Å². The topological polar surface area (TPSA) is 99.1 Å². The molecule has 3 heterocycles. The van der Waals surface area contributed by atoms with Gasteiger partial charge >= 0.3 is 0 Å². The highest BCUT2D eigenvalue weighted by Crippen LogP contribution is 2.46. The van der Waals surface area contributed by atoms with Crippen molar-refractivity contribution in [1.29, 1.82) is 0 Å². The molecule has 4 aromatic rings. The number of aromatic nitrogens is 4. The lowest BCUT2D eigenvalue weighted by molar-refractivity contribution is -0.219. The van der Waals surface area contributed by atoms with Crippen LogP contribution in [0.15, 0.2) is 36.8 Å². The van der Waals surface area contributed by atoms with E-state index < -0.39 is 5.79 Å². The fourth-order valence-electron chi connectivity index (χ4n) is 5.16. The van der Waals surface area contributed by atoms with Gasteiger partial charge in [-0.25, -0.2) is 15.0 Å². The number of rotatable bonds is 6. The van der Waals surface area contributed by atoms with Gasteiger partial charge < -0.3 is 20.1 Å². The van der Waals surface area contributed by atoms with Crippen molar-refractivity contribution in [3.63, 3.8) is 0 Å². The monoisotopic (exact) mass is 485 g/mol. The minimum Gasteiger partial charge on any atom is -0.375 e. The third kappa shape index (κ3) is 4.45. The number of halogens is 1. The molecule has 174 valence electrons. The van der Waals surface area contributed by atoms with Crippen LogP contribution < -0.4 is 5.73 Å². The van der Waals surface area contributed by atoms with Crippen LogP contribution in [0.5, 0.6) is 0 Å². The number of aliphatic hydroxyl groups is 1. The van der Waals surface area contributed by atoms with Gasteiger partial charge in [0.15, 0.2) is 10.9 Å². The Balaban J connectivity index is 1.40. The molecule has 0 amide bonds. The molecule has 9 heteroatoms. The second-order valence-corrected chi connectivity index (χ2v) is 10.9. The first-order valence-electron chi connectivity index (χ1n) is 11.2. The molecule has 1 aliphatic carbocycles. The molecule has 0 aliphatic heterocycles. The van der Waals surface area contributed by atoms with Crippen LogP contribution in [0.1, 0.15) is 45.2 Å². The molecule has 4 atom stereocenters. The van der Waals surface area contributed by atoms with E-state index in [0.29, 0.717) is 16.2 Å². The third-order valence-corrected chi connectivity index (χ3v) is 7.87. The molecule has 1 aromatic carbocycles. The van der Waals surface area contributed by atoms with Gasteiger partial charge in [-0.05, 0) is 68.7 Å². The van der Waals surface area contributed by atoms with Crippen molar-refractivity contribution < 1.29 is 9.84 Å². The Kier molecular flexibility index (Phi) is 5.81. The lowest BCUT2D eigenvalue weighted by atomic mass is 9.90. The maximum Gasteiger partial charge on any atom is 0.181 e. The number of hydrogen-bond acceptors (Lipinski definition) is 7. The standard InChI is InChI=1S/C24H28ClN5O2S/c1-13-15(6-4-14-5-7-19-17(10-14)29-23(26)33-19)11-18(20(13)32-24(2,3)31)30-9-8-16-21(25)27-12-28-22(16)30/h5,7-10,12-13,15,18,20,31H,4,6,11H2,1-3H3,(H2,26,29)/t13-,15+,18-,20-/m1/s1. The van der Waals surface area contributed by atoms with Crippen LogP contribution in [0.4, 0.5) is 5.13 Å². The van der Waals surface area contributed by atoms with Gasteiger partial charge in [0.2, 0.25) is 0 Å².